The van der Waals surface area contributed by atoms with Gasteiger partial charge in [-0.3, -0.25) is 4.90 Å². The Bertz CT molecular complexity index is 492. The van der Waals surface area contributed by atoms with Crippen molar-refractivity contribution in [1.29, 1.82) is 0 Å². The van der Waals surface area contributed by atoms with Gasteiger partial charge in [0.25, 0.3) is 0 Å². The van der Waals surface area contributed by atoms with Gasteiger partial charge in [-0.2, -0.15) is 0 Å². The SMILES string of the molecule is Brc1ccc(C2CCN(Cc3ccco3)C2)cc1. The van der Waals surface area contributed by atoms with Crippen LogP contribution in [0.5, 0.6) is 0 Å². The van der Waals surface area contributed by atoms with Crippen LogP contribution in [0, 0.1) is 0 Å². The quantitative estimate of drug-likeness (QED) is 0.851. The van der Waals surface area contributed by atoms with Crippen molar-refractivity contribution in [3.8, 4) is 0 Å². The molecule has 94 valence electrons. The fraction of sp³-hybridized carbons (Fsp3) is 0.333. The largest absolute Gasteiger partial charge is 0.468 e. The summed E-state index contributed by atoms with van der Waals surface area (Å²) in [6.45, 7) is 3.21. The van der Waals surface area contributed by atoms with Gasteiger partial charge >= 0.3 is 0 Å². The molecule has 1 aromatic carbocycles. The molecule has 1 unspecified atom stereocenters. The fourth-order valence-electron chi connectivity index (χ4n) is 2.61. The molecule has 2 nitrogen and oxygen atoms in total. The maximum atomic E-state index is 5.40. The maximum absolute atomic E-state index is 5.40. The maximum Gasteiger partial charge on any atom is 0.117 e. The molecule has 1 saturated heterocycles. The van der Waals surface area contributed by atoms with Gasteiger partial charge in [0.15, 0.2) is 0 Å². The lowest BCUT2D eigenvalue weighted by Gasteiger charge is -2.14. The van der Waals surface area contributed by atoms with Crippen LogP contribution < -0.4 is 0 Å². The highest BCUT2D eigenvalue weighted by Gasteiger charge is 2.24. The van der Waals surface area contributed by atoms with E-state index in [1.54, 1.807) is 6.26 Å². The first-order valence-corrected chi connectivity index (χ1v) is 7.11. The minimum absolute atomic E-state index is 0.660. The van der Waals surface area contributed by atoms with Crippen LogP contribution in [0.15, 0.2) is 51.6 Å². The Hall–Kier alpha value is -1.06. The van der Waals surface area contributed by atoms with Crippen molar-refractivity contribution in [2.75, 3.05) is 13.1 Å². The topological polar surface area (TPSA) is 16.4 Å². The molecule has 1 atom stereocenters. The lowest BCUT2D eigenvalue weighted by Crippen LogP contribution is -2.19. The van der Waals surface area contributed by atoms with Gasteiger partial charge in [-0.1, -0.05) is 28.1 Å². The zero-order valence-electron chi connectivity index (χ0n) is 10.2. The first kappa shape index (κ1) is 12.0. The van der Waals surface area contributed by atoms with Gasteiger partial charge in [0.05, 0.1) is 12.8 Å². The molecule has 0 radical (unpaired) electrons. The second kappa shape index (κ2) is 5.29. The average molecular weight is 306 g/mol. The molecule has 0 N–H and O–H groups in total. The molecule has 1 aliphatic rings. The average Bonchev–Trinajstić information content (AvgIpc) is 3.02. The molecule has 3 heteroatoms. The monoisotopic (exact) mass is 305 g/mol. The van der Waals surface area contributed by atoms with Crippen molar-refractivity contribution in [1.82, 2.24) is 4.90 Å². The Labute approximate surface area is 116 Å². The number of likely N-dealkylation sites (tertiary alicyclic amines) is 1. The van der Waals surface area contributed by atoms with Crippen LogP contribution in [-0.2, 0) is 6.54 Å². The number of rotatable bonds is 3. The van der Waals surface area contributed by atoms with E-state index < -0.39 is 0 Å². The summed E-state index contributed by atoms with van der Waals surface area (Å²) >= 11 is 3.48. The highest BCUT2D eigenvalue weighted by Crippen LogP contribution is 2.28. The van der Waals surface area contributed by atoms with Gasteiger partial charge in [0, 0.05) is 11.0 Å². The van der Waals surface area contributed by atoms with Gasteiger partial charge in [-0.15, -0.1) is 0 Å². The third-order valence-corrected chi connectivity index (χ3v) is 4.10. The molecule has 0 saturated carbocycles. The molecule has 0 aliphatic carbocycles. The second-order valence-corrected chi connectivity index (χ2v) is 5.77. The minimum Gasteiger partial charge on any atom is -0.468 e. The standard InChI is InChI=1S/C15H16BrNO/c16-14-5-3-12(4-6-14)13-7-8-17(10-13)11-15-2-1-9-18-15/h1-6,9,13H,7-8,10-11H2. The second-order valence-electron chi connectivity index (χ2n) is 4.85. The van der Waals surface area contributed by atoms with Gasteiger partial charge in [-0.05, 0) is 48.7 Å². The van der Waals surface area contributed by atoms with Gasteiger partial charge in [0.1, 0.15) is 5.76 Å². The van der Waals surface area contributed by atoms with Crippen LogP contribution in [0.4, 0.5) is 0 Å². The minimum atomic E-state index is 0.660. The van der Waals surface area contributed by atoms with Crippen molar-refractivity contribution in [2.24, 2.45) is 0 Å². The number of benzene rings is 1. The Morgan fingerprint density at radius 2 is 2.06 bits per heavy atom. The van der Waals surface area contributed by atoms with E-state index in [0.29, 0.717) is 5.92 Å². The Morgan fingerprint density at radius 1 is 1.22 bits per heavy atom. The molecule has 2 aromatic rings. The third-order valence-electron chi connectivity index (χ3n) is 3.57. The smallest absolute Gasteiger partial charge is 0.117 e. The van der Waals surface area contributed by atoms with E-state index in [4.69, 9.17) is 4.42 Å². The summed E-state index contributed by atoms with van der Waals surface area (Å²) in [4.78, 5) is 2.46. The number of nitrogens with zero attached hydrogens (tertiary/aromatic N) is 1. The van der Waals surface area contributed by atoms with E-state index in [9.17, 15) is 0 Å². The van der Waals surface area contributed by atoms with Crippen molar-refractivity contribution < 1.29 is 4.42 Å². The molecule has 0 bridgehead atoms. The Balaban J connectivity index is 1.63. The van der Waals surface area contributed by atoms with E-state index in [-0.39, 0.29) is 0 Å². The third kappa shape index (κ3) is 2.68. The molecule has 1 aliphatic heterocycles. The highest BCUT2D eigenvalue weighted by atomic mass is 79.9. The van der Waals surface area contributed by atoms with Crippen LogP contribution in [-0.4, -0.2) is 18.0 Å². The summed E-state index contributed by atoms with van der Waals surface area (Å²) < 4.78 is 6.55. The van der Waals surface area contributed by atoms with E-state index in [2.05, 4.69) is 45.1 Å². The van der Waals surface area contributed by atoms with Gasteiger partial charge in [-0.25, -0.2) is 0 Å². The summed E-state index contributed by atoms with van der Waals surface area (Å²) in [5.41, 5.74) is 1.44. The summed E-state index contributed by atoms with van der Waals surface area (Å²) in [5, 5.41) is 0. The lowest BCUT2D eigenvalue weighted by molar-refractivity contribution is 0.294. The zero-order valence-corrected chi connectivity index (χ0v) is 11.8. The lowest BCUT2D eigenvalue weighted by atomic mass is 9.99. The molecule has 0 spiro atoms. The number of hydrogen-bond donors (Lipinski definition) is 0. The van der Waals surface area contributed by atoms with E-state index >= 15 is 0 Å². The molecule has 18 heavy (non-hydrogen) atoms. The van der Waals surface area contributed by atoms with Crippen molar-refractivity contribution >= 4 is 15.9 Å². The van der Waals surface area contributed by atoms with Crippen LogP contribution in [0.1, 0.15) is 23.7 Å². The van der Waals surface area contributed by atoms with Crippen molar-refractivity contribution in [3.05, 3.63) is 58.5 Å². The summed E-state index contributed by atoms with van der Waals surface area (Å²) in [7, 11) is 0. The number of furan rings is 1. The Morgan fingerprint density at radius 3 is 2.78 bits per heavy atom. The molecular weight excluding hydrogens is 290 g/mol. The van der Waals surface area contributed by atoms with Gasteiger partial charge < -0.3 is 4.42 Å². The molecule has 2 heterocycles. The fourth-order valence-corrected chi connectivity index (χ4v) is 2.87. The zero-order chi connectivity index (χ0) is 12.4. The summed E-state index contributed by atoms with van der Waals surface area (Å²) in [6, 6.07) is 12.7. The predicted molar refractivity (Wildman–Crippen MR) is 75.5 cm³/mol. The van der Waals surface area contributed by atoms with E-state index in [1.807, 2.05) is 12.1 Å². The molecule has 3 rings (SSSR count). The van der Waals surface area contributed by atoms with Crippen LogP contribution >= 0.6 is 15.9 Å². The number of hydrogen-bond acceptors (Lipinski definition) is 2. The van der Waals surface area contributed by atoms with E-state index in [1.165, 1.54) is 12.0 Å². The molecular formula is C15H16BrNO. The highest BCUT2D eigenvalue weighted by molar-refractivity contribution is 9.10. The normalized spacial score (nSPS) is 20.4. The van der Waals surface area contributed by atoms with Gasteiger partial charge in [0.2, 0.25) is 0 Å². The molecule has 1 aromatic heterocycles. The van der Waals surface area contributed by atoms with Crippen LogP contribution in [0.2, 0.25) is 0 Å². The first-order valence-electron chi connectivity index (χ1n) is 6.31. The first-order chi connectivity index (χ1) is 8.81. The van der Waals surface area contributed by atoms with Crippen LogP contribution in [0.3, 0.4) is 0 Å². The Kier molecular flexibility index (Phi) is 3.52. The van der Waals surface area contributed by atoms with Crippen molar-refractivity contribution in [2.45, 2.75) is 18.9 Å². The summed E-state index contributed by atoms with van der Waals surface area (Å²) in [6.07, 6.45) is 2.99. The molecule has 0 amide bonds. The summed E-state index contributed by atoms with van der Waals surface area (Å²) in [5.74, 6) is 1.72. The predicted octanol–water partition coefficient (Wildman–Crippen LogP) is 4.03. The van der Waals surface area contributed by atoms with E-state index in [0.717, 1.165) is 29.9 Å². The number of halogens is 1. The van der Waals surface area contributed by atoms with Crippen LogP contribution in [0.25, 0.3) is 0 Å². The molecule has 1 fully saturated rings. The van der Waals surface area contributed by atoms with Crippen molar-refractivity contribution in [3.63, 3.8) is 0 Å².